The van der Waals surface area contributed by atoms with E-state index >= 15 is 0 Å². The van der Waals surface area contributed by atoms with Crippen LogP contribution in [-0.4, -0.2) is 75.4 Å². The van der Waals surface area contributed by atoms with Crippen LogP contribution in [0, 0.1) is 11.2 Å². The van der Waals surface area contributed by atoms with E-state index in [1.165, 1.54) is 33.7 Å². The number of aromatic amines is 1. The predicted molar refractivity (Wildman–Crippen MR) is 168 cm³/mol. The summed E-state index contributed by atoms with van der Waals surface area (Å²) in [7, 11) is 3.13. The Bertz CT molecular complexity index is 1600. The monoisotopic (exact) mass is 607 g/mol. The first-order valence-corrected chi connectivity index (χ1v) is 14.9. The highest BCUT2D eigenvalue weighted by Gasteiger charge is 2.23. The minimum absolute atomic E-state index is 0.0388. The highest BCUT2D eigenvalue weighted by molar-refractivity contribution is 5.96. The number of H-pyrrole nitrogens is 1. The molecule has 1 aliphatic heterocycles. The summed E-state index contributed by atoms with van der Waals surface area (Å²) in [5.41, 5.74) is 1.49. The summed E-state index contributed by atoms with van der Waals surface area (Å²) in [5.74, 6) is -0.512. The Kier molecular flexibility index (Phi) is 10.2. The van der Waals surface area contributed by atoms with E-state index in [-0.39, 0.29) is 35.8 Å². The van der Waals surface area contributed by atoms with Crippen molar-refractivity contribution in [3.8, 4) is 0 Å². The molecular formula is C32H42FN7O4. The van der Waals surface area contributed by atoms with Gasteiger partial charge >= 0.3 is 6.03 Å². The first kappa shape index (κ1) is 32.4. The number of aromatic nitrogens is 3. The van der Waals surface area contributed by atoms with Gasteiger partial charge < -0.3 is 30.0 Å². The summed E-state index contributed by atoms with van der Waals surface area (Å²) in [6.07, 6.45) is 7.99. The number of benzene rings is 1. The van der Waals surface area contributed by atoms with Gasteiger partial charge in [0.15, 0.2) is 0 Å². The van der Waals surface area contributed by atoms with Crippen molar-refractivity contribution in [1.82, 2.24) is 29.7 Å². The van der Waals surface area contributed by atoms with Gasteiger partial charge in [0.05, 0.1) is 17.6 Å². The van der Waals surface area contributed by atoms with Crippen molar-refractivity contribution in [1.29, 1.82) is 0 Å². The molecule has 3 aromatic rings. The standard InChI is InChI=1S/C32H42FN7O4/c1-32(2,3)19-21-17-22(33)18-25-28(21)37-26(34-25)20-40-16-10-12-24(30(40)43)35-29(42)23(36-31(44)38(4)5)11-6-7-13-27(41)39-14-8-9-15-39/h7,10,12-13,16-18,23H,6,8-9,11,14-15,19-20H2,1-5H3,(H,34,37)(H,35,42)(H,36,44)/b13-7+/t23-/m0/s1. The molecule has 1 aliphatic rings. The summed E-state index contributed by atoms with van der Waals surface area (Å²) in [6.45, 7) is 7.77. The number of rotatable bonds is 10. The topological polar surface area (TPSA) is 132 Å². The van der Waals surface area contributed by atoms with Crippen LogP contribution in [0.3, 0.4) is 0 Å². The van der Waals surface area contributed by atoms with Gasteiger partial charge in [0.25, 0.3) is 5.56 Å². The number of amides is 4. The number of nitrogens with one attached hydrogen (secondary N) is 3. The SMILES string of the molecule is CN(C)C(=O)N[C@@H](CC/C=C/C(=O)N1CCCC1)C(=O)Nc1cccn(Cc2nc3c(CC(C)(C)C)cc(F)cc3[nH]2)c1=O. The molecule has 0 saturated carbocycles. The van der Waals surface area contributed by atoms with Gasteiger partial charge in [-0.15, -0.1) is 0 Å². The van der Waals surface area contributed by atoms with Crippen LogP contribution in [0.4, 0.5) is 14.9 Å². The quantitative estimate of drug-likeness (QED) is 0.300. The zero-order chi connectivity index (χ0) is 32.0. The molecule has 3 heterocycles. The Morgan fingerprint density at radius 2 is 1.91 bits per heavy atom. The molecule has 4 amide bonds. The van der Waals surface area contributed by atoms with Crippen LogP contribution < -0.4 is 16.2 Å². The minimum Gasteiger partial charge on any atom is -0.340 e. The van der Waals surface area contributed by atoms with E-state index in [1.54, 1.807) is 37.3 Å². The lowest BCUT2D eigenvalue weighted by atomic mass is 9.87. The van der Waals surface area contributed by atoms with Gasteiger partial charge in [0.1, 0.15) is 23.4 Å². The van der Waals surface area contributed by atoms with Crippen molar-refractivity contribution in [2.45, 2.75) is 65.5 Å². The molecule has 1 saturated heterocycles. The number of likely N-dealkylation sites (tertiary alicyclic amines) is 1. The highest BCUT2D eigenvalue weighted by atomic mass is 19.1. The van der Waals surface area contributed by atoms with Gasteiger partial charge in [-0.1, -0.05) is 26.8 Å². The number of hydrogen-bond donors (Lipinski definition) is 3. The van der Waals surface area contributed by atoms with E-state index in [0.717, 1.165) is 31.5 Å². The van der Waals surface area contributed by atoms with E-state index in [2.05, 4.69) is 41.4 Å². The summed E-state index contributed by atoms with van der Waals surface area (Å²) in [6, 6.07) is 4.59. The summed E-state index contributed by atoms with van der Waals surface area (Å²) >= 11 is 0. The Hall–Kier alpha value is -4.48. The molecule has 0 bridgehead atoms. The van der Waals surface area contributed by atoms with Gasteiger partial charge in [-0.2, -0.15) is 0 Å². The van der Waals surface area contributed by atoms with Crippen LogP contribution in [-0.2, 0) is 22.6 Å². The Morgan fingerprint density at radius 1 is 1.18 bits per heavy atom. The first-order valence-electron chi connectivity index (χ1n) is 14.9. The lowest BCUT2D eigenvalue weighted by Gasteiger charge is -2.20. The maximum Gasteiger partial charge on any atom is 0.317 e. The molecule has 0 radical (unpaired) electrons. The molecule has 11 nitrogen and oxygen atoms in total. The van der Waals surface area contributed by atoms with Gasteiger partial charge in [-0.3, -0.25) is 14.4 Å². The molecule has 12 heteroatoms. The van der Waals surface area contributed by atoms with Crippen LogP contribution in [0.5, 0.6) is 0 Å². The second-order valence-electron chi connectivity index (χ2n) is 12.6. The van der Waals surface area contributed by atoms with Gasteiger partial charge in [-0.05, 0) is 73.4 Å². The smallest absolute Gasteiger partial charge is 0.317 e. The lowest BCUT2D eigenvalue weighted by molar-refractivity contribution is -0.125. The third kappa shape index (κ3) is 8.55. The predicted octanol–water partition coefficient (Wildman–Crippen LogP) is 4.04. The van der Waals surface area contributed by atoms with Crippen molar-refractivity contribution in [3.05, 3.63) is 70.2 Å². The van der Waals surface area contributed by atoms with Gasteiger partial charge in [0.2, 0.25) is 11.8 Å². The Labute approximate surface area is 256 Å². The first-order chi connectivity index (χ1) is 20.8. The number of pyridine rings is 1. The van der Waals surface area contributed by atoms with Crippen LogP contribution in [0.25, 0.3) is 11.0 Å². The Morgan fingerprint density at radius 3 is 2.59 bits per heavy atom. The van der Waals surface area contributed by atoms with Crippen molar-refractivity contribution in [3.63, 3.8) is 0 Å². The van der Waals surface area contributed by atoms with Gasteiger partial charge in [0, 0.05) is 33.4 Å². The second-order valence-corrected chi connectivity index (χ2v) is 12.6. The average Bonchev–Trinajstić information content (AvgIpc) is 3.62. The third-order valence-electron chi connectivity index (χ3n) is 7.32. The van der Waals surface area contributed by atoms with Gasteiger partial charge in [-0.25, -0.2) is 14.2 Å². The fraction of sp³-hybridized carbons (Fsp3) is 0.469. The molecule has 1 atom stereocenters. The maximum atomic E-state index is 14.3. The maximum absolute atomic E-state index is 14.3. The number of halogens is 1. The molecule has 3 N–H and O–H groups in total. The van der Waals surface area contributed by atoms with Crippen LogP contribution >= 0.6 is 0 Å². The number of nitrogens with zero attached hydrogens (tertiary/aromatic N) is 4. The number of fused-ring (bicyclic) bond motifs is 1. The Balaban J connectivity index is 1.48. The number of urea groups is 1. The molecule has 0 spiro atoms. The van der Waals surface area contributed by atoms with Crippen molar-refractivity contribution in [2.24, 2.45) is 5.41 Å². The fourth-order valence-corrected chi connectivity index (χ4v) is 5.16. The molecule has 44 heavy (non-hydrogen) atoms. The van der Waals surface area contributed by atoms with Crippen LogP contribution in [0.15, 0.2) is 47.4 Å². The zero-order valence-corrected chi connectivity index (χ0v) is 26.1. The van der Waals surface area contributed by atoms with E-state index < -0.39 is 23.5 Å². The molecular weight excluding hydrogens is 565 g/mol. The number of carbonyl (C=O) groups excluding carboxylic acids is 3. The molecule has 4 rings (SSSR count). The molecule has 2 aromatic heterocycles. The molecule has 0 aliphatic carbocycles. The van der Waals surface area contributed by atoms with E-state index in [4.69, 9.17) is 0 Å². The fourth-order valence-electron chi connectivity index (χ4n) is 5.16. The van der Waals surface area contributed by atoms with Crippen molar-refractivity contribution < 1.29 is 18.8 Å². The van der Waals surface area contributed by atoms with Crippen molar-refractivity contribution >= 4 is 34.6 Å². The molecule has 1 aromatic carbocycles. The highest BCUT2D eigenvalue weighted by Crippen LogP contribution is 2.27. The normalized spacial score (nSPS) is 14.3. The van der Waals surface area contributed by atoms with E-state index in [9.17, 15) is 23.6 Å². The number of hydrogen-bond acceptors (Lipinski definition) is 5. The molecule has 1 fully saturated rings. The summed E-state index contributed by atoms with van der Waals surface area (Å²) in [5, 5.41) is 5.34. The second kappa shape index (κ2) is 13.9. The lowest BCUT2D eigenvalue weighted by Crippen LogP contribution is -2.48. The molecule has 0 unspecified atom stereocenters. The molecule has 236 valence electrons. The summed E-state index contributed by atoms with van der Waals surface area (Å²) in [4.78, 5) is 62.2. The number of anilines is 1. The largest absolute Gasteiger partial charge is 0.340 e. The minimum atomic E-state index is -0.948. The van der Waals surface area contributed by atoms with Crippen molar-refractivity contribution in [2.75, 3.05) is 32.5 Å². The zero-order valence-electron chi connectivity index (χ0n) is 26.1. The van der Waals surface area contributed by atoms with E-state index in [0.29, 0.717) is 29.7 Å². The number of imidazole rings is 1. The third-order valence-corrected chi connectivity index (χ3v) is 7.32. The van der Waals surface area contributed by atoms with Crippen LogP contribution in [0.2, 0.25) is 0 Å². The van der Waals surface area contributed by atoms with E-state index in [1.807, 2.05) is 0 Å². The average molecular weight is 608 g/mol. The van der Waals surface area contributed by atoms with Crippen LogP contribution in [0.1, 0.15) is 57.8 Å². The number of allylic oxidation sites excluding steroid dienone is 1. The number of carbonyl (C=O) groups is 3. The summed E-state index contributed by atoms with van der Waals surface area (Å²) < 4.78 is 15.7.